The van der Waals surface area contributed by atoms with E-state index in [4.69, 9.17) is 8.83 Å². The first-order valence-corrected chi connectivity index (χ1v) is 21.1. The van der Waals surface area contributed by atoms with Gasteiger partial charge in [0.1, 0.15) is 22.3 Å². The zero-order chi connectivity index (χ0) is 39.8. The summed E-state index contributed by atoms with van der Waals surface area (Å²) in [7, 11) is 0. The number of furan rings is 2. The first-order valence-electron chi connectivity index (χ1n) is 21.1. The van der Waals surface area contributed by atoms with E-state index in [1.165, 1.54) is 121 Å². The van der Waals surface area contributed by atoms with Crippen molar-refractivity contribution in [3.05, 3.63) is 180 Å². The summed E-state index contributed by atoms with van der Waals surface area (Å²) in [6, 6.07) is 59.0. The second-order valence-corrected chi connectivity index (χ2v) is 18.4. The third kappa shape index (κ3) is 4.04. The van der Waals surface area contributed by atoms with Gasteiger partial charge in [-0.3, -0.25) is 0 Å². The van der Waals surface area contributed by atoms with E-state index in [1.807, 2.05) is 12.1 Å². The Morgan fingerprint density at radius 3 is 1.18 bits per heavy atom. The largest absolute Gasteiger partial charge is 0.456 e. The second kappa shape index (κ2) is 10.9. The van der Waals surface area contributed by atoms with Gasteiger partial charge in [0.05, 0.1) is 0 Å². The molecule has 0 fully saturated rings. The van der Waals surface area contributed by atoms with E-state index in [1.54, 1.807) is 0 Å². The number of fused-ring (bicyclic) bond motifs is 12. The van der Waals surface area contributed by atoms with Crippen LogP contribution in [0.3, 0.4) is 0 Å². The molecule has 2 aliphatic carbocycles. The number of para-hydroxylation sites is 2. The highest BCUT2D eigenvalue weighted by Crippen LogP contribution is 2.54. The molecular weight excluding hydrogens is 729 g/mol. The second-order valence-electron chi connectivity index (χ2n) is 18.4. The molecule has 0 saturated carbocycles. The minimum atomic E-state index is -0.121. The standard InChI is InChI=1S/C58H38O2/c1-57(2)47-23-17-33(25-41(47)43-29-53-45(27-49(43)57)37-9-5-7-11-51(37)59-53)35-19-13-31-16-22-40-36(20-14-32-15-21-39(35)55(31)56(32)40)34-18-24-48-42(26-34)44-30-54-46(28-50(44)58(48,3)4)38-10-6-8-12-52(38)60-54/h5-30H,1-4H3. The lowest BCUT2D eigenvalue weighted by molar-refractivity contribution is 0.657. The highest BCUT2D eigenvalue weighted by atomic mass is 16.3. The zero-order valence-corrected chi connectivity index (χ0v) is 33.8. The summed E-state index contributed by atoms with van der Waals surface area (Å²) in [6.45, 7) is 9.44. The van der Waals surface area contributed by atoms with Crippen LogP contribution in [0.2, 0.25) is 0 Å². The highest BCUT2D eigenvalue weighted by Gasteiger charge is 2.38. The number of hydrogen-bond acceptors (Lipinski definition) is 2. The summed E-state index contributed by atoms with van der Waals surface area (Å²) in [5.74, 6) is 0. The maximum atomic E-state index is 6.41. The third-order valence-electron chi connectivity index (χ3n) is 14.6. The van der Waals surface area contributed by atoms with Crippen molar-refractivity contribution in [1.29, 1.82) is 0 Å². The van der Waals surface area contributed by atoms with Crippen molar-refractivity contribution < 1.29 is 8.83 Å². The van der Waals surface area contributed by atoms with Gasteiger partial charge in [0, 0.05) is 32.4 Å². The predicted molar refractivity (Wildman–Crippen MR) is 251 cm³/mol. The molecule has 2 aliphatic rings. The van der Waals surface area contributed by atoms with Crippen LogP contribution in [0.5, 0.6) is 0 Å². The summed E-state index contributed by atoms with van der Waals surface area (Å²) in [5, 5.41) is 12.5. The Labute approximate surface area is 346 Å². The van der Waals surface area contributed by atoms with Crippen LogP contribution in [0.1, 0.15) is 49.9 Å². The number of rotatable bonds is 2. The summed E-state index contributed by atoms with van der Waals surface area (Å²) >= 11 is 0. The van der Waals surface area contributed by atoms with Crippen molar-refractivity contribution in [2.24, 2.45) is 0 Å². The van der Waals surface area contributed by atoms with Crippen LogP contribution in [0, 0.1) is 0 Å². The minimum Gasteiger partial charge on any atom is -0.456 e. The SMILES string of the molecule is CC1(C)c2ccc(-c3ccc4ccc5c(-c6ccc7c(c6)-c6cc8oc9ccccc9c8cc6C7(C)C)ccc6ccc3c4c65)cc2-c2cc3oc4ccccc4c3cc21. The topological polar surface area (TPSA) is 26.3 Å². The van der Waals surface area contributed by atoms with E-state index in [0.29, 0.717) is 0 Å². The van der Waals surface area contributed by atoms with Crippen LogP contribution in [0.4, 0.5) is 0 Å². The van der Waals surface area contributed by atoms with Gasteiger partial charge in [-0.15, -0.1) is 0 Å². The van der Waals surface area contributed by atoms with E-state index in [0.717, 1.165) is 22.3 Å². The lowest BCUT2D eigenvalue weighted by Crippen LogP contribution is -2.14. The first kappa shape index (κ1) is 32.8. The van der Waals surface area contributed by atoms with E-state index >= 15 is 0 Å². The smallest absolute Gasteiger partial charge is 0.136 e. The van der Waals surface area contributed by atoms with Crippen molar-refractivity contribution in [1.82, 2.24) is 0 Å². The molecule has 0 unspecified atom stereocenters. The molecular formula is C58H38O2. The normalized spacial score (nSPS) is 14.9. The molecule has 2 heterocycles. The monoisotopic (exact) mass is 766 g/mol. The van der Waals surface area contributed by atoms with Crippen molar-refractivity contribution in [3.8, 4) is 44.5 Å². The fraction of sp³-hybridized carbons (Fsp3) is 0.103. The molecule has 0 radical (unpaired) electrons. The molecule has 10 aromatic carbocycles. The van der Waals surface area contributed by atoms with Gasteiger partial charge >= 0.3 is 0 Å². The average molecular weight is 767 g/mol. The molecule has 12 aromatic rings. The fourth-order valence-corrected chi connectivity index (χ4v) is 11.6. The van der Waals surface area contributed by atoms with Crippen LogP contribution in [0.15, 0.2) is 167 Å². The average Bonchev–Trinajstić information content (AvgIpc) is 3.95. The Hall–Kier alpha value is -7.16. The molecule has 2 heteroatoms. The maximum Gasteiger partial charge on any atom is 0.136 e. The van der Waals surface area contributed by atoms with Gasteiger partial charge in [-0.2, -0.15) is 0 Å². The lowest BCUT2D eigenvalue weighted by Gasteiger charge is -2.22. The van der Waals surface area contributed by atoms with Crippen molar-refractivity contribution in [2.45, 2.75) is 38.5 Å². The Morgan fingerprint density at radius 1 is 0.300 bits per heavy atom. The van der Waals surface area contributed by atoms with Crippen molar-refractivity contribution >= 4 is 76.2 Å². The molecule has 0 N–H and O–H groups in total. The molecule has 2 nitrogen and oxygen atoms in total. The molecule has 2 aromatic heterocycles. The molecule has 14 rings (SSSR count). The van der Waals surface area contributed by atoms with Gasteiger partial charge in [0.25, 0.3) is 0 Å². The summed E-state index contributed by atoms with van der Waals surface area (Å²) in [4.78, 5) is 0. The van der Waals surface area contributed by atoms with E-state index in [9.17, 15) is 0 Å². The first-order chi connectivity index (χ1) is 29.2. The van der Waals surface area contributed by atoms with Gasteiger partial charge in [-0.1, -0.05) is 137 Å². The molecule has 60 heavy (non-hydrogen) atoms. The van der Waals surface area contributed by atoms with Crippen molar-refractivity contribution in [2.75, 3.05) is 0 Å². The van der Waals surface area contributed by atoms with Crippen LogP contribution in [-0.2, 0) is 10.8 Å². The summed E-state index contributed by atoms with van der Waals surface area (Å²) in [6.07, 6.45) is 0. The molecule has 0 bridgehead atoms. The molecule has 0 saturated heterocycles. The Bertz CT molecular complexity index is 3630. The fourth-order valence-electron chi connectivity index (χ4n) is 11.6. The van der Waals surface area contributed by atoms with E-state index in [-0.39, 0.29) is 10.8 Å². The van der Waals surface area contributed by atoms with Gasteiger partial charge in [-0.25, -0.2) is 0 Å². The van der Waals surface area contributed by atoms with Gasteiger partial charge in [0.2, 0.25) is 0 Å². The van der Waals surface area contributed by atoms with Crippen LogP contribution in [0.25, 0.3) is 121 Å². The number of hydrogen-bond donors (Lipinski definition) is 0. The Balaban J connectivity index is 0.930. The number of benzene rings is 10. The molecule has 282 valence electrons. The molecule has 0 aliphatic heterocycles. The molecule has 0 amide bonds. The third-order valence-corrected chi connectivity index (χ3v) is 14.6. The summed E-state index contributed by atoms with van der Waals surface area (Å²) in [5.41, 5.74) is 19.1. The Kier molecular flexibility index (Phi) is 5.95. The van der Waals surface area contributed by atoms with Crippen molar-refractivity contribution in [3.63, 3.8) is 0 Å². The summed E-state index contributed by atoms with van der Waals surface area (Å²) < 4.78 is 12.8. The molecule has 0 spiro atoms. The predicted octanol–water partition coefficient (Wildman–Crippen LogP) is 16.3. The van der Waals surface area contributed by atoms with Gasteiger partial charge in [0.15, 0.2) is 0 Å². The zero-order valence-electron chi connectivity index (χ0n) is 33.8. The van der Waals surface area contributed by atoms with Crippen LogP contribution < -0.4 is 0 Å². The Morgan fingerprint density at radius 2 is 0.717 bits per heavy atom. The molecule has 0 atom stereocenters. The quantitative estimate of drug-likeness (QED) is 0.164. The van der Waals surface area contributed by atoms with Crippen LogP contribution >= 0.6 is 0 Å². The van der Waals surface area contributed by atoms with E-state index in [2.05, 4.69) is 173 Å². The van der Waals surface area contributed by atoms with Gasteiger partial charge in [-0.05, 0) is 148 Å². The van der Waals surface area contributed by atoms with Gasteiger partial charge < -0.3 is 8.83 Å². The van der Waals surface area contributed by atoms with E-state index < -0.39 is 0 Å². The highest BCUT2D eigenvalue weighted by molar-refractivity contribution is 6.27. The lowest BCUT2D eigenvalue weighted by atomic mass is 9.81. The van der Waals surface area contributed by atoms with Crippen LogP contribution in [-0.4, -0.2) is 0 Å². The minimum absolute atomic E-state index is 0.121. The maximum absolute atomic E-state index is 6.41.